The zero-order valence-electron chi connectivity index (χ0n) is 15.0. The van der Waals surface area contributed by atoms with E-state index in [0.717, 1.165) is 5.69 Å². The van der Waals surface area contributed by atoms with E-state index in [9.17, 15) is 9.59 Å². The van der Waals surface area contributed by atoms with Gasteiger partial charge in [-0.1, -0.05) is 31.5 Å². The second kappa shape index (κ2) is 8.76. The number of furan rings is 1. The quantitative estimate of drug-likeness (QED) is 0.702. The van der Waals surface area contributed by atoms with Crippen molar-refractivity contribution >= 4 is 29.1 Å². The fourth-order valence-electron chi connectivity index (χ4n) is 2.82. The van der Waals surface area contributed by atoms with Gasteiger partial charge in [-0.05, 0) is 43.2 Å². The molecular formula is C19H24ClN3O3. The van der Waals surface area contributed by atoms with Gasteiger partial charge in [-0.3, -0.25) is 9.59 Å². The first-order valence-corrected chi connectivity index (χ1v) is 8.91. The molecule has 0 saturated heterocycles. The number of nitrogens with two attached hydrogens (primary N) is 1. The molecule has 26 heavy (non-hydrogen) atoms. The fraction of sp³-hybridized carbons (Fsp3) is 0.368. The maximum Gasteiger partial charge on any atom is 0.243 e. The zero-order valence-corrected chi connectivity index (χ0v) is 15.8. The Hall–Kier alpha value is -2.47. The van der Waals surface area contributed by atoms with Crippen LogP contribution in [-0.4, -0.2) is 23.9 Å². The van der Waals surface area contributed by atoms with Gasteiger partial charge in [0.2, 0.25) is 11.8 Å². The van der Waals surface area contributed by atoms with E-state index in [2.05, 4.69) is 5.32 Å². The van der Waals surface area contributed by atoms with E-state index in [1.54, 1.807) is 24.5 Å². The summed E-state index contributed by atoms with van der Waals surface area (Å²) >= 11 is 6.09. The van der Waals surface area contributed by atoms with Crippen molar-refractivity contribution in [3.63, 3.8) is 0 Å². The standard InChI is InChI=1S/C19H24ClN3O3/c1-3-19(4-2,18(21)25)22-17(24)13-23(12-16-9-6-10-26-16)15-8-5-7-14(20)11-15/h5-11H,3-4,12-13H2,1-2H3,(H2,21,25)(H,22,24). The highest BCUT2D eigenvalue weighted by Gasteiger charge is 2.34. The van der Waals surface area contributed by atoms with Crippen molar-refractivity contribution in [2.75, 3.05) is 11.4 Å². The highest BCUT2D eigenvalue weighted by Crippen LogP contribution is 2.22. The van der Waals surface area contributed by atoms with E-state index >= 15 is 0 Å². The highest BCUT2D eigenvalue weighted by molar-refractivity contribution is 6.30. The van der Waals surface area contributed by atoms with Crippen LogP contribution >= 0.6 is 11.6 Å². The number of primary amides is 1. The predicted octanol–water partition coefficient (Wildman–Crippen LogP) is 3.10. The topological polar surface area (TPSA) is 88.6 Å². The number of carbonyl (C=O) groups is 2. The first-order chi connectivity index (χ1) is 12.4. The van der Waals surface area contributed by atoms with Gasteiger partial charge in [0.25, 0.3) is 0 Å². The average Bonchev–Trinajstić information content (AvgIpc) is 3.12. The summed E-state index contributed by atoms with van der Waals surface area (Å²) in [6.07, 6.45) is 2.44. The van der Waals surface area contributed by atoms with E-state index in [1.165, 1.54) is 0 Å². The minimum atomic E-state index is -1.04. The SMILES string of the molecule is CCC(CC)(NC(=O)CN(Cc1ccco1)c1cccc(Cl)c1)C(N)=O. The zero-order chi connectivity index (χ0) is 19.2. The van der Waals surface area contributed by atoms with Crippen LogP contribution in [0.1, 0.15) is 32.4 Å². The van der Waals surface area contributed by atoms with Crippen LogP contribution in [0.15, 0.2) is 47.1 Å². The maximum atomic E-state index is 12.7. The van der Waals surface area contributed by atoms with Gasteiger partial charge in [0.1, 0.15) is 11.3 Å². The number of halogens is 1. The molecule has 0 saturated carbocycles. The number of hydrogen-bond acceptors (Lipinski definition) is 4. The molecule has 3 N–H and O–H groups in total. The van der Waals surface area contributed by atoms with Gasteiger partial charge in [-0.2, -0.15) is 0 Å². The monoisotopic (exact) mass is 377 g/mol. The number of nitrogens with one attached hydrogen (secondary N) is 1. The van der Waals surface area contributed by atoms with Gasteiger partial charge < -0.3 is 20.4 Å². The number of rotatable bonds is 9. The summed E-state index contributed by atoms with van der Waals surface area (Å²) < 4.78 is 5.40. The minimum absolute atomic E-state index is 0.0378. The molecule has 0 fully saturated rings. The molecule has 2 aromatic rings. The fourth-order valence-corrected chi connectivity index (χ4v) is 3.00. The molecule has 0 radical (unpaired) electrons. The predicted molar refractivity (Wildman–Crippen MR) is 102 cm³/mol. The van der Waals surface area contributed by atoms with Crippen molar-refractivity contribution in [1.82, 2.24) is 5.32 Å². The molecule has 1 aromatic carbocycles. The van der Waals surface area contributed by atoms with Gasteiger partial charge in [0.15, 0.2) is 0 Å². The van der Waals surface area contributed by atoms with Gasteiger partial charge in [-0.25, -0.2) is 0 Å². The molecule has 0 aliphatic rings. The molecule has 0 aliphatic heterocycles. The normalized spacial score (nSPS) is 11.2. The third-order valence-corrected chi connectivity index (χ3v) is 4.73. The lowest BCUT2D eigenvalue weighted by Gasteiger charge is -2.31. The summed E-state index contributed by atoms with van der Waals surface area (Å²) in [4.78, 5) is 26.3. The third-order valence-electron chi connectivity index (χ3n) is 4.49. The Morgan fingerprint density at radius 2 is 1.96 bits per heavy atom. The van der Waals surface area contributed by atoms with Gasteiger partial charge in [0.05, 0.1) is 19.4 Å². The van der Waals surface area contributed by atoms with E-state index in [0.29, 0.717) is 30.2 Å². The summed E-state index contributed by atoms with van der Waals surface area (Å²) in [6, 6.07) is 10.8. The van der Waals surface area contributed by atoms with Crippen molar-refractivity contribution < 1.29 is 14.0 Å². The van der Waals surface area contributed by atoms with Gasteiger partial charge >= 0.3 is 0 Å². The molecule has 2 rings (SSSR count). The van der Waals surface area contributed by atoms with E-state index in [1.807, 2.05) is 36.9 Å². The average molecular weight is 378 g/mol. The van der Waals surface area contributed by atoms with Gasteiger partial charge in [-0.15, -0.1) is 0 Å². The van der Waals surface area contributed by atoms with Crippen molar-refractivity contribution in [3.05, 3.63) is 53.4 Å². The summed E-state index contributed by atoms with van der Waals surface area (Å²) in [6.45, 7) is 4.08. The van der Waals surface area contributed by atoms with Crippen LogP contribution in [0.4, 0.5) is 5.69 Å². The smallest absolute Gasteiger partial charge is 0.243 e. The molecule has 7 heteroatoms. The van der Waals surface area contributed by atoms with Crippen molar-refractivity contribution in [2.45, 2.75) is 38.8 Å². The molecule has 140 valence electrons. The van der Waals surface area contributed by atoms with Crippen LogP contribution in [-0.2, 0) is 16.1 Å². The number of benzene rings is 1. The summed E-state index contributed by atoms with van der Waals surface area (Å²) in [7, 11) is 0. The largest absolute Gasteiger partial charge is 0.467 e. The van der Waals surface area contributed by atoms with Crippen LogP contribution in [0.2, 0.25) is 5.02 Å². The van der Waals surface area contributed by atoms with Crippen LogP contribution in [0.25, 0.3) is 0 Å². The Morgan fingerprint density at radius 3 is 2.50 bits per heavy atom. The Labute approximate surface area is 158 Å². The highest BCUT2D eigenvalue weighted by atomic mass is 35.5. The maximum absolute atomic E-state index is 12.7. The Kier molecular flexibility index (Phi) is 6.69. The molecule has 0 unspecified atom stereocenters. The first kappa shape index (κ1) is 19.8. The molecule has 2 amide bonds. The van der Waals surface area contributed by atoms with Crippen molar-refractivity contribution in [2.24, 2.45) is 5.73 Å². The Bertz CT molecular complexity index is 742. The van der Waals surface area contributed by atoms with Crippen LogP contribution in [0.3, 0.4) is 0 Å². The van der Waals surface area contributed by atoms with Crippen molar-refractivity contribution in [1.29, 1.82) is 0 Å². The van der Waals surface area contributed by atoms with E-state index in [-0.39, 0.29) is 12.5 Å². The number of nitrogens with zero attached hydrogens (tertiary/aromatic N) is 1. The number of anilines is 1. The lowest BCUT2D eigenvalue weighted by atomic mass is 9.92. The third kappa shape index (κ3) is 4.79. The lowest BCUT2D eigenvalue weighted by Crippen LogP contribution is -2.58. The Balaban J connectivity index is 2.20. The second-order valence-corrected chi connectivity index (χ2v) is 6.55. The van der Waals surface area contributed by atoms with Crippen LogP contribution < -0.4 is 16.0 Å². The molecule has 0 bridgehead atoms. The molecule has 0 spiro atoms. The summed E-state index contributed by atoms with van der Waals surface area (Å²) in [5, 5.41) is 3.38. The summed E-state index contributed by atoms with van der Waals surface area (Å²) in [5.41, 5.74) is 5.25. The van der Waals surface area contributed by atoms with Crippen LogP contribution in [0.5, 0.6) is 0 Å². The Morgan fingerprint density at radius 1 is 1.23 bits per heavy atom. The summed E-state index contributed by atoms with van der Waals surface area (Å²) in [5.74, 6) is -0.111. The molecule has 6 nitrogen and oxygen atoms in total. The van der Waals surface area contributed by atoms with Crippen molar-refractivity contribution in [3.8, 4) is 0 Å². The molecule has 1 heterocycles. The first-order valence-electron chi connectivity index (χ1n) is 8.54. The van der Waals surface area contributed by atoms with E-state index in [4.69, 9.17) is 21.8 Å². The second-order valence-electron chi connectivity index (χ2n) is 6.12. The van der Waals surface area contributed by atoms with Gasteiger partial charge in [0, 0.05) is 10.7 Å². The van der Waals surface area contributed by atoms with E-state index < -0.39 is 11.4 Å². The number of hydrogen-bond donors (Lipinski definition) is 2. The lowest BCUT2D eigenvalue weighted by molar-refractivity contribution is -0.131. The molecular weight excluding hydrogens is 354 g/mol. The molecule has 0 aliphatic carbocycles. The number of amides is 2. The van der Waals surface area contributed by atoms with Crippen LogP contribution in [0, 0.1) is 0 Å². The number of carbonyl (C=O) groups excluding carboxylic acids is 2. The molecule has 1 aromatic heterocycles. The molecule has 0 atom stereocenters. The minimum Gasteiger partial charge on any atom is -0.467 e.